The van der Waals surface area contributed by atoms with Gasteiger partial charge in [0.05, 0.1) is 0 Å². The van der Waals surface area contributed by atoms with Crippen molar-refractivity contribution in [1.82, 2.24) is 0 Å². The van der Waals surface area contributed by atoms with Crippen LogP contribution >= 0.6 is 12.2 Å². The van der Waals surface area contributed by atoms with Gasteiger partial charge in [0, 0.05) is 16.7 Å². The van der Waals surface area contributed by atoms with E-state index in [4.69, 9.17) is 18.0 Å². The van der Waals surface area contributed by atoms with Crippen LogP contribution < -0.4 is 11.1 Å². The van der Waals surface area contributed by atoms with Crippen LogP contribution in [0.2, 0.25) is 0 Å². The molecule has 2 rings (SSSR count). The van der Waals surface area contributed by atoms with Crippen molar-refractivity contribution >= 4 is 29.1 Å². The summed E-state index contributed by atoms with van der Waals surface area (Å²) in [4.78, 5) is 0. The Hall–Kier alpha value is -1.42. The fraction of sp³-hybridized carbons (Fsp3) is 0.250. The Kier molecular flexibility index (Phi) is 2.46. The number of nitrogens with two attached hydrogens (primary N) is 1. The van der Waals surface area contributed by atoms with E-state index in [-0.39, 0.29) is 16.3 Å². The van der Waals surface area contributed by atoms with Crippen molar-refractivity contribution in [3.63, 3.8) is 0 Å². The fourth-order valence-corrected chi connectivity index (χ4v) is 2.15. The van der Waals surface area contributed by atoms with Gasteiger partial charge in [-0.15, -0.1) is 0 Å². The molecule has 0 spiro atoms. The number of fused-ring (bicyclic) bond motifs is 1. The van der Waals surface area contributed by atoms with Gasteiger partial charge in [-0.25, -0.2) is 4.39 Å². The maximum Gasteiger partial charge on any atom is 0.168 e. The van der Waals surface area contributed by atoms with Crippen LogP contribution in [0, 0.1) is 5.82 Å². The lowest BCUT2D eigenvalue weighted by atomic mass is 9.86. The number of rotatable bonds is 1. The van der Waals surface area contributed by atoms with Crippen molar-refractivity contribution in [2.24, 2.45) is 5.73 Å². The molecule has 0 amide bonds. The van der Waals surface area contributed by atoms with E-state index in [9.17, 15) is 4.39 Å². The summed E-state index contributed by atoms with van der Waals surface area (Å²) in [5.41, 5.74) is 7.29. The van der Waals surface area contributed by atoms with Gasteiger partial charge < -0.3 is 11.1 Å². The topological polar surface area (TPSA) is 38.0 Å². The molecule has 1 aromatic carbocycles. The quantitative estimate of drug-likeness (QED) is 0.736. The van der Waals surface area contributed by atoms with E-state index >= 15 is 0 Å². The molecule has 4 heteroatoms. The van der Waals surface area contributed by atoms with Gasteiger partial charge in [-0.1, -0.05) is 26.0 Å². The first-order valence-electron chi connectivity index (χ1n) is 5.00. The minimum absolute atomic E-state index is 0.139. The molecule has 1 aliphatic rings. The predicted octanol–water partition coefficient (Wildman–Crippen LogP) is 2.79. The fourth-order valence-electron chi connectivity index (χ4n) is 2.04. The molecule has 1 aromatic rings. The van der Waals surface area contributed by atoms with E-state index in [1.54, 1.807) is 0 Å². The van der Waals surface area contributed by atoms with Gasteiger partial charge in [-0.3, -0.25) is 0 Å². The summed E-state index contributed by atoms with van der Waals surface area (Å²) in [5, 5.41) is 2.88. The molecule has 16 heavy (non-hydrogen) atoms. The Labute approximate surface area is 99.3 Å². The first-order chi connectivity index (χ1) is 7.40. The zero-order valence-corrected chi connectivity index (χ0v) is 9.99. The molecule has 2 nitrogen and oxygen atoms in total. The lowest BCUT2D eigenvalue weighted by Gasteiger charge is -2.19. The summed E-state index contributed by atoms with van der Waals surface area (Å²) in [6.45, 7) is 3.97. The highest BCUT2D eigenvalue weighted by Gasteiger charge is 2.28. The molecule has 0 aliphatic heterocycles. The molecule has 0 aromatic heterocycles. The number of benzene rings is 1. The van der Waals surface area contributed by atoms with E-state index in [0.717, 1.165) is 11.1 Å². The number of hydrogen-bond acceptors (Lipinski definition) is 1. The third-order valence-electron chi connectivity index (χ3n) is 2.71. The van der Waals surface area contributed by atoms with E-state index in [1.807, 2.05) is 32.1 Å². The molecule has 0 unspecified atom stereocenters. The second-order valence-corrected chi connectivity index (χ2v) is 4.91. The summed E-state index contributed by atoms with van der Waals surface area (Å²) in [7, 11) is 0. The first kappa shape index (κ1) is 11.1. The van der Waals surface area contributed by atoms with Crippen molar-refractivity contribution in [3.05, 3.63) is 35.2 Å². The van der Waals surface area contributed by atoms with Crippen LogP contribution in [0.4, 0.5) is 10.1 Å². The average Bonchev–Trinajstić information content (AvgIpc) is 2.40. The minimum atomic E-state index is -0.249. The van der Waals surface area contributed by atoms with Gasteiger partial charge in [0.25, 0.3) is 0 Å². The molecule has 0 fully saturated rings. The van der Waals surface area contributed by atoms with Gasteiger partial charge in [0.15, 0.2) is 5.11 Å². The van der Waals surface area contributed by atoms with Crippen LogP contribution in [0.1, 0.15) is 25.0 Å². The maximum atomic E-state index is 13.9. The lowest BCUT2D eigenvalue weighted by Crippen LogP contribution is -2.20. The largest absolute Gasteiger partial charge is 0.376 e. The predicted molar refractivity (Wildman–Crippen MR) is 68.9 cm³/mol. The Morgan fingerprint density at radius 3 is 2.75 bits per heavy atom. The zero-order valence-electron chi connectivity index (χ0n) is 9.17. The van der Waals surface area contributed by atoms with Crippen LogP contribution in [-0.2, 0) is 5.41 Å². The Balaban J connectivity index is 2.49. The lowest BCUT2D eigenvalue weighted by molar-refractivity contribution is 0.565. The molecular formula is C12H13FN2S. The van der Waals surface area contributed by atoms with Crippen molar-refractivity contribution in [2.75, 3.05) is 5.32 Å². The number of nitrogens with one attached hydrogen (secondary N) is 1. The van der Waals surface area contributed by atoms with Gasteiger partial charge in [0.1, 0.15) is 5.82 Å². The molecule has 0 bridgehead atoms. The highest BCUT2D eigenvalue weighted by Crippen LogP contribution is 2.38. The summed E-state index contributed by atoms with van der Waals surface area (Å²) in [6, 6.07) is 3.27. The number of allylic oxidation sites excluding steroid dienone is 1. The summed E-state index contributed by atoms with van der Waals surface area (Å²) < 4.78 is 13.9. The SMILES string of the molecule is CC1(C)C=Cc2cc(NC(N)=S)cc(F)c21. The number of hydrogen-bond donors (Lipinski definition) is 2. The highest BCUT2D eigenvalue weighted by molar-refractivity contribution is 7.80. The number of anilines is 1. The van der Waals surface area contributed by atoms with Crippen LogP contribution in [0.15, 0.2) is 18.2 Å². The Bertz CT molecular complexity index is 492. The second-order valence-electron chi connectivity index (χ2n) is 4.47. The van der Waals surface area contributed by atoms with Crippen LogP contribution in [-0.4, -0.2) is 5.11 Å². The normalized spacial score (nSPS) is 15.9. The molecule has 84 valence electrons. The third-order valence-corrected chi connectivity index (χ3v) is 2.81. The third kappa shape index (κ3) is 1.80. The molecule has 0 radical (unpaired) electrons. The van der Waals surface area contributed by atoms with Gasteiger partial charge >= 0.3 is 0 Å². The molecule has 1 aliphatic carbocycles. The monoisotopic (exact) mass is 236 g/mol. The van der Waals surface area contributed by atoms with Crippen molar-refractivity contribution in [2.45, 2.75) is 19.3 Å². The van der Waals surface area contributed by atoms with E-state index < -0.39 is 0 Å². The van der Waals surface area contributed by atoms with Crippen LogP contribution in [0.25, 0.3) is 6.08 Å². The van der Waals surface area contributed by atoms with Crippen LogP contribution in [0.5, 0.6) is 0 Å². The van der Waals surface area contributed by atoms with Gasteiger partial charge in [-0.05, 0) is 29.9 Å². The van der Waals surface area contributed by atoms with Gasteiger partial charge in [-0.2, -0.15) is 0 Å². The molecule has 0 heterocycles. The molecule has 0 atom stereocenters. The van der Waals surface area contributed by atoms with Gasteiger partial charge in [0.2, 0.25) is 0 Å². The summed E-state index contributed by atoms with van der Waals surface area (Å²) >= 11 is 4.72. The average molecular weight is 236 g/mol. The highest BCUT2D eigenvalue weighted by atomic mass is 32.1. The summed E-state index contributed by atoms with van der Waals surface area (Å²) in [6.07, 6.45) is 3.91. The maximum absolute atomic E-state index is 13.9. The van der Waals surface area contributed by atoms with E-state index in [0.29, 0.717) is 5.69 Å². The first-order valence-corrected chi connectivity index (χ1v) is 5.41. The Morgan fingerprint density at radius 1 is 1.44 bits per heavy atom. The molecule has 0 saturated heterocycles. The van der Waals surface area contributed by atoms with E-state index in [1.165, 1.54) is 6.07 Å². The summed E-state index contributed by atoms with van der Waals surface area (Å²) in [5.74, 6) is -0.230. The standard InChI is InChI=1S/C12H13FN2S/c1-12(2)4-3-7-5-8(15-11(14)16)6-9(13)10(7)12/h3-6H,1-2H3,(H3,14,15,16). The minimum Gasteiger partial charge on any atom is -0.376 e. The molecule has 3 N–H and O–H groups in total. The number of halogens is 1. The van der Waals surface area contributed by atoms with Crippen molar-refractivity contribution in [1.29, 1.82) is 0 Å². The second kappa shape index (κ2) is 3.56. The zero-order chi connectivity index (χ0) is 11.9. The van der Waals surface area contributed by atoms with Crippen molar-refractivity contribution < 1.29 is 4.39 Å². The number of thiocarbonyl (C=S) groups is 1. The Morgan fingerprint density at radius 2 is 2.12 bits per heavy atom. The van der Waals surface area contributed by atoms with E-state index in [2.05, 4.69) is 5.32 Å². The van der Waals surface area contributed by atoms with Crippen molar-refractivity contribution in [3.8, 4) is 0 Å². The molecule has 0 saturated carbocycles. The molecular weight excluding hydrogens is 223 g/mol. The smallest absolute Gasteiger partial charge is 0.168 e. The van der Waals surface area contributed by atoms with Crippen LogP contribution in [0.3, 0.4) is 0 Å².